The molecule has 2 aromatic rings. The van der Waals surface area contributed by atoms with Gasteiger partial charge in [0.2, 0.25) is 5.95 Å². The Morgan fingerprint density at radius 2 is 1.90 bits per heavy atom. The van der Waals surface area contributed by atoms with E-state index in [1.54, 1.807) is 20.4 Å². The fourth-order valence-corrected chi connectivity index (χ4v) is 4.83. The van der Waals surface area contributed by atoms with Crippen LogP contribution in [0.15, 0.2) is 12.3 Å². The molecule has 0 amide bonds. The number of halogens is 1. The lowest BCUT2D eigenvalue weighted by molar-refractivity contribution is 0.0839. The number of ether oxygens (including phenoxy) is 2. The first kappa shape index (κ1) is 20.7. The maximum atomic E-state index is 13.3. The van der Waals surface area contributed by atoms with Crippen LogP contribution in [0.4, 0.5) is 11.8 Å². The van der Waals surface area contributed by atoms with Crippen LogP contribution in [0.5, 0.6) is 11.5 Å². The molecular weight excluding hydrogens is 406 g/mol. The van der Waals surface area contributed by atoms with Gasteiger partial charge in [-0.15, -0.1) is 0 Å². The number of rotatable bonds is 5. The van der Waals surface area contributed by atoms with E-state index in [0.717, 1.165) is 31.4 Å². The van der Waals surface area contributed by atoms with Gasteiger partial charge in [-0.1, -0.05) is 30.9 Å². The minimum Gasteiger partial charge on any atom is -0.493 e. The van der Waals surface area contributed by atoms with Crippen LogP contribution in [0.1, 0.15) is 48.2 Å². The molecule has 0 aromatic carbocycles. The third kappa shape index (κ3) is 3.88. The van der Waals surface area contributed by atoms with Crippen molar-refractivity contribution in [2.75, 3.05) is 31.4 Å². The van der Waals surface area contributed by atoms with Gasteiger partial charge in [0.1, 0.15) is 11.0 Å². The van der Waals surface area contributed by atoms with Crippen LogP contribution in [0.2, 0.25) is 5.15 Å². The Labute approximate surface area is 180 Å². The van der Waals surface area contributed by atoms with Gasteiger partial charge in [-0.05, 0) is 18.8 Å². The topological polar surface area (TPSA) is 103 Å². The molecule has 1 aliphatic heterocycles. The quantitative estimate of drug-likeness (QED) is 0.717. The van der Waals surface area contributed by atoms with E-state index in [0.29, 0.717) is 41.9 Å². The molecular formula is C21H26ClN5O3. The number of aromatic nitrogens is 3. The number of ketones is 1. The van der Waals surface area contributed by atoms with Gasteiger partial charge in [0.15, 0.2) is 17.3 Å². The summed E-state index contributed by atoms with van der Waals surface area (Å²) in [7, 11) is 3.16. The molecule has 2 aliphatic rings. The van der Waals surface area contributed by atoms with Crippen molar-refractivity contribution in [1.82, 2.24) is 15.0 Å². The number of anilines is 2. The monoisotopic (exact) mass is 431 g/mol. The second-order valence-corrected chi connectivity index (χ2v) is 8.21. The molecule has 1 saturated carbocycles. The highest BCUT2D eigenvalue weighted by Gasteiger charge is 2.40. The van der Waals surface area contributed by atoms with E-state index >= 15 is 0 Å². The number of pyridine rings is 1. The first-order valence-electron chi connectivity index (χ1n) is 10.2. The van der Waals surface area contributed by atoms with E-state index in [1.165, 1.54) is 6.42 Å². The van der Waals surface area contributed by atoms with E-state index in [4.69, 9.17) is 26.8 Å². The molecule has 1 unspecified atom stereocenters. The van der Waals surface area contributed by atoms with E-state index in [9.17, 15) is 4.79 Å². The predicted octanol–water partition coefficient (Wildman–Crippen LogP) is 3.52. The molecule has 9 heteroatoms. The highest BCUT2D eigenvalue weighted by molar-refractivity contribution is 6.34. The van der Waals surface area contributed by atoms with Crippen molar-refractivity contribution in [3.8, 4) is 11.5 Å². The highest BCUT2D eigenvalue weighted by atomic mass is 35.5. The van der Waals surface area contributed by atoms with Crippen molar-refractivity contribution in [3.63, 3.8) is 0 Å². The minimum absolute atomic E-state index is 0.0263. The van der Waals surface area contributed by atoms with Gasteiger partial charge < -0.3 is 20.1 Å². The molecule has 0 spiro atoms. The number of hydrogen-bond donors (Lipinski definition) is 1. The second kappa shape index (κ2) is 8.63. The Balaban J connectivity index is 1.71. The summed E-state index contributed by atoms with van der Waals surface area (Å²) in [6.45, 7) is 0.996. The molecule has 2 N–H and O–H groups in total. The van der Waals surface area contributed by atoms with Crippen LogP contribution in [-0.4, -0.2) is 41.5 Å². The molecule has 1 aliphatic carbocycles. The molecule has 4 rings (SSSR count). The number of Topliss-reactive ketones (excluding diaryl/α,β-unsaturated/α-hetero) is 1. The maximum absolute atomic E-state index is 13.3. The fraction of sp³-hybridized carbons (Fsp3) is 0.524. The third-order valence-electron chi connectivity index (χ3n) is 6.06. The van der Waals surface area contributed by atoms with Crippen LogP contribution < -0.4 is 20.1 Å². The molecule has 30 heavy (non-hydrogen) atoms. The van der Waals surface area contributed by atoms with Crippen LogP contribution >= 0.6 is 11.6 Å². The maximum Gasteiger partial charge on any atom is 0.223 e. The van der Waals surface area contributed by atoms with Gasteiger partial charge in [0.05, 0.1) is 38.2 Å². The summed E-state index contributed by atoms with van der Waals surface area (Å²) in [5.74, 6) is 1.91. The number of nitrogens with zero attached hydrogens (tertiary/aromatic N) is 4. The molecule has 8 nitrogen and oxygen atoms in total. The molecule has 0 saturated heterocycles. The van der Waals surface area contributed by atoms with Crippen LogP contribution in [-0.2, 0) is 6.54 Å². The molecule has 1 atom stereocenters. The van der Waals surface area contributed by atoms with Crippen molar-refractivity contribution < 1.29 is 14.3 Å². The Hall–Kier alpha value is -2.61. The lowest BCUT2D eigenvalue weighted by Gasteiger charge is -2.38. The minimum atomic E-state index is -0.136. The Morgan fingerprint density at radius 1 is 1.17 bits per heavy atom. The van der Waals surface area contributed by atoms with Crippen molar-refractivity contribution in [1.29, 1.82) is 0 Å². The second-order valence-electron chi connectivity index (χ2n) is 7.85. The first-order valence-corrected chi connectivity index (χ1v) is 10.6. The predicted molar refractivity (Wildman–Crippen MR) is 114 cm³/mol. The Kier molecular flexibility index (Phi) is 5.94. The van der Waals surface area contributed by atoms with Crippen LogP contribution in [0.25, 0.3) is 0 Å². The van der Waals surface area contributed by atoms with Gasteiger partial charge in [0, 0.05) is 18.5 Å². The standard InChI is InChI=1S/C21H26ClN5O3/c1-29-15-8-13(24-9-16(15)30-2)10-27-11-14(12-6-4-3-5-7-12)18(28)17-19(22)25-21(23)26-20(17)27/h8-9,12,14H,3-7,10-11H2,1-2H3,(H2,23,25,26). The van der Waals surface area contributed by atoms with Crippen molar-refractivity contribution in [2.45, 2.75) is 38.6 Å². The number of nitrogens with two attached hydrogens (primary N) is 1. The first-order chi connectivity index (χ1) is 14.5. The summed E-state index contributed by atoms with van der Waals surface area (Å²) in [4.78, 5) is 28.3. The van der Waals surface area contributed by atoms with Crippen molar-refractivity contribution in [2.24, 2.45) is 11.8 Å². The number of hydrogen-bond acceptors (Lipinski definition) is 8. The molecule has 160 valence electrons. The number of carbonyl (C=O) groups is 1. The summed E-state index contributed by atoms with van der Waals surface area (Å²) in [5, 5.41) is 0.119. The molecule has 0 bridgehead atoms. The fourth-order valence-electron chi connectivity index (χ4n) is 4.57. The van der Waals surface area contributed by atoms with Crippen molar-refractivity contribution in [3.05, 3.63) is 28.7 Å². The van der Waals surface area contributed by atoms with E-state index in [-0.39, 0.29) is 22.8 Å². The molecule has 3 heterocycles. The number of methoxy groups -OCH3 is 2. The average molecular weight is 432 g/mol. The summed E-state index contributed by atoms with van der Waals surface area (Å²) in [6, 6.07) is 1.83. The SMILES string of the molecule is COc1cnc(CN2CC(C3CCCCC3)C(=O)c3c(Cl)nc(N)nc32)cc1OC. The van der Waals surface area contributed by atoms with E-state index in [2.05, 4.69) is 15.0 Å². The largest absolute Gasteiger partial charge is 0.493 e. The summed E-state index contributed by atoms with van der Waals surface area (Å²) >= 11 is 6.37. The molecule has 2 aromatic heterocycles. The lowest BCUT2D eigenvalue weighted by Crippen LogP contribution is -2.43. The third-order valence-corrected chi connectivity index (χ3v) is 6.34. The summed E-state index contributed by atoms with van der Waals surface area (Å²) < 4.78 is 10.7. The zero-order valence-electron chi connectivity index (χ0n) is 17.2. The number of fused-ring (bicyclic) bond motifs is 1. The Bertz CT molecular complexity index is 948. The highest BCUT2D eigenvalue weighted by Crippen LogP contribution is 2.40. The van der Waals surface area contributed by atoms with Gasteiger partial charge in [0.25, 0.3) is 0 Å². The molecule has 1 fully saturated rings. The average Bonchev–Trinajstić information content (AvgIpc) is 2.75. The lowest BCUT2D eigenvalue weighted by atomic mass is 9.75. The summed E-state index contributed by atoms with van der Waals surface area (Å²) in [5.41, 5.74) is 6.98. The normalized spacial score (nSPS) is 19.5. The smallest absolute Gasteiger partial charge is 0.223 e. The van der Waals surface area contributed by atoms with E-state index in [1.807, 2.05) is 11.0 Å². The van der Waals surface area contributed by atoms with Gasteiger partial charge in [-0.2, -0.15) is 4.98 Å². The molecule has 0 radical (unpaired) electrons. The van der Waals surface area contributed by atoms with Gasteiger partial charge in [-0.3, -0.25) is 9.78 Å². The van der Waals surface area contributed by atoms with Gasteiger partial charge in [-0.25, -0.2) is 4.98 Å². The van der Waals surface area contributed by atoms with E-state index < -0.39 is 0 Å². The van der Waals surface area contributed by atoms with Crippen molar-refractivity contribution >= 4 is 29.2 Å². The zero-order valence-corrected chi connectivity index (χ0v) is 18.0. The van der Waals surface area contributed by atoms with Crippen LogP contribution in [0.3, 0.4) is 0 Å². The zero-order chi connectivity index (χ0) is 21.3. The van der Waals surface area contributed by atoms with Crippen LogP contribution in [0, 0.1) is 11.8 Å². The van der Waals surface area contributed by atoms with Gasteiger partial charge >= 0.3 is 0 Å². The summed E-state index contributed by atoms with van der Waals surface area (Å²) in [6.07, 6.45) is 7.29. The Morgan fingerprint density at radius 3 is 2.60 bits per heavy atom. The number of nitrogen functional groups attached to an aromatic ring is 1. The number of carbonyl (C=O) groups excluding carboxylic acids is 1.